The molecule has 0 saturated carbocycles. The van der Waals surface area contributed by atoms with E-state index in [1.807, 2.05) is 6.92 Å². The maximum absolute atomic E-state index is 12.0. The number of carbonyl (C=O) groups is 3. The van der Waals surface area contributed by atoms with Gasteiger partial charge in [0.25, 0.3) is 5.91 Å². The molecule has 2 aromatic rings. The Labute approximate surface area is 151 Å². The molecule has 6 heteroatoms. The maximum atomic E-state index is 12.0. The van der Waals surface area contributed by atoms with Crippen molar-refractivity contribution in [3.63, 3.8) is 0 Å². The van der Waals surface area contributed by atoms with Gasteiger partial charge in [-0.1, -0.05) is 18.2 Å². The first kappa shape index (κ1) is 18.9. The molecule has 2 amide bonds. The minimum absolute atomic E-state index is 0.190. The van der Waals surface area contributed by atoms with Crippen LogP contribution in [0.2, 0.25) is 0 Å². The van der Waals surface area contributed by atoms with Crippen molar-refractivity contribution >= 4 is 29.5 Å². The average Bonchev–Trinajstić information content (AvgIpc) is 2.66. The molecule has 0 fully saturated rings. The van der Waals surface area contributed by atoms with Crippen molar-refractivity contribution in [2.24, 2.45) is 0 Å². The molecule has 0 saturated heterocycles. The second-order valence-electron chi connectivity index (χ2n) is 5.38. The number of rotatable bonds is 6. The number of nitrogens with one attached hydrogen (secondary N) is 2. The summed E-state index contributed by atoms with van der Waals surface area (Å²) in [5, 5.41) is 5.42. The van der Waals surface area contributed by atoms with Crippen molar-refractivity contribution in [3.05, 3.63) is 71.3 Å². The van der Waals surface area contributed by atoms with E-state index < -0.39 is 5.97 Å². The van der Waals surface area contributed by atoms with E-state index in [9.17, 15) is 14.4 Å². The van der Waals surface area contributed by atoms with Crippen LogP contribution in [0.15, 0.2) is 54.6 Å². The minimum atomic E-state index is -0.412. The molecule has 0 unspecified atom stereocenters. The average molecular weight is 352 g/mol. The van der Waals surface area contributed by atoms with Crippen LogP contribution in [-0.2, 0) is 9.53 Å². The molecule has 2 aromatic carbocycles. The third-order valence-corrected chi connectivity index (χ3v) is 3.49. The number of carbonyl (C=O) groups excluding carboxylic acids is 3. The highest BCUT2D eigenvalue weighted by Gasteiger charge is 2.06. The quantitative estimate of drug-likeness (QED) is 0.618. The predicted molar refractivity (Wildman–Crippen MR) is 99.9 cm³/mol. The lowest BCUT2D eigenvalue weighted by atomic mass is 10.1. The molecule has 0 aliphatic heterocycles. The van der Waals surface area contributed by atoms with Gasteiger partial charge in [0.2, 0.25) is 5.91 Å². The molecule has 134 valence electrons. The number of benzene rings is 2. The third kappa shape index (κ3) is 5.31. The van der Waals surface area contributed by atoms with E-state index in [0.29, 0.717) is 23.4 Å². The first-order valence-electron chi connectivity index (χ1n) is 8.09. The first-order valence-corrected chi connectivity index (χ1v) is 8.09. The highest BCUT2D eigenvalue weighted by molar-refractivity contribution is 6.03. The van der Waals surface area contributed by atoms with Crippen LogP contribution in [0.5, 0.6) is 0 Å². The molecule has 6 nitrogen and oxygen atoms in total. The van der Waals surface area contributed by atoms with Crippen LogP contribution >= 0.6 is 0 Å². The number of ether oxygens (including phenoxy) is 1. The van der Waals surface area contributed by atoms with E-state index in [1.165, 1.54) is 13.2 Å². The van der Waals surface area contributed by atoms with Gasteiger partial charge in [0, 0.05) is 23.9 Å². The van der Waals surface area contributed by atoms with Crippen molar-refractivity contribution in [3.8, 4) is 0 Å². The minimum Gasteiger partial charge on any atom is -0.465 e. The Morgan fingerprint density at radius 3 is 2.42 bits per heavy atom. The van der Waals surface area contributed by atoms with Crippen LogP contribution in [0.1, 0.15) is 33.2 Å². The van der Waals surface area contributed by atoms with Crippen LogP contribution in [0.25, 0.3) is 6.08 Å². The van der Waals surface area contributed by atoms with Gasteiger partial charge in [-0.2, -0.15) is 0 Å². The summed E-state index contributed by atoms with van der Waals surface area (Å²) in [6.07, 6.45) is 3.01. The highest BCUT2D eigenvalue weighted by atomic mass is 16.5. The molecule has 0 atom stereocenters. The van der Waals surface area contributed by atoms with Gasteiger partial charge in [-0.15, -0.1) is 0 Å². The second-order valence-corrected chi connectivity index (χ2v) is 5.38. The van der Waals surface area contributed by atoms with Crippen molar-refractivity contribution < 1.29 is 19.1 Å². The summed E-state index contributed by atoms with van der Waals surface area (Å²) in [6.45, 7) is 2.37. The molecule has 26 heavy (non-hydrogen) atoms. The largest absolute Gasteiger partial charge is 0.465 e. The maximum Gasteiger partial charge on any atom is 0.337 e. The summed E-state index contributed by atoms with van der Waals surface area (Å²) in [5.41, 5.74) is 2.22. The lowest BCUT2D eigenvalue weighted by molar-refractivity contribution is -0.111. The second kappa shape index (κ2) is 9.17. The Morgan fingerprint density at radius 2 is 1.77 bits per heavy atom. The zero-order valence-electron chi connectivity index (χ0n) is 14.6. The Hall–Kier alpha value is -3.41. The predicted octanol–water partition coefficient (Wildman–Crippen LogP) is 2.87. The number of methoxy groups -OCH3 is 1. The van der Waals surface area contributed by atoms with Gasteiger partial charge >= 0.3 is 5.97 Å². The van der Waals surface area contributed by atoms with Gasteiger partial charge < -0.3 is 15.4 Å². The van der Waals surface area contributed by atoms with Gasteiger partial charge in [0.1, 0.15) is 0 Å². The monoisotopic (exact) mass is 352 g/mol. The summed E-state index contributed by atoms with van der Waals surface area (Å²) in [5.74, 6) is -0.926. The van der Waals surface area contributed by atoms with E-state index in [2.05, 4.69) is 15.4 Å². The van der Waals surface area contributed by atoms with Crippen molar-refractivity contribution in [2.75, 3.05) is 19.0 Å². The molecule has 2 rings (SSSR count). The Morgan fingerprint density at radius 1 is 1.04 bits per heavy atom. The lowest BCUT2D eigenvalue weighted by Crippen LogP contribution is -2.22. The smallest absolute Gasteiger partial charge is 0.337 e. The normalized spacial score (nSPS) is 10.4. The fourth-order valence-electron chi connectivity index (χ4n) is 2.20. The van der Waals surface area contributed by atoms with Crippen molar-refractivity contribution in [1.82, 2.24) is 5.32 Å². The van der Waals surface area contributed by atoms with Gasteiger partial charge in [-0.3, -0.25) is 9.59 Å². The van der Waals surface area contributed by atoms with E-state index in [0.717, 1.165) is 5.56 Å². The van der Waals surface area contributed by atoms with Crippen LogP contribution in [-0.4, -0.2) is 31.4 Å². The lowest BCUT2D eigenvalue weighted by Gasteiger charge is -2.06. The molecule has 0 bridgehead atoms. The van der Waals surface area contributed by atoms with E-state index >= 15 is 0 Å². The summed E-state index contributed by atoms with van der Waals surface area (Å²) < 4.78 is 4.63. The van der Waals surface area contributed by atoms with Gasteiger partial charge in [-0.25, -0.2) is 4.79 Å². The summed E-state index contributed by atoms with van der Waals surface area (Å²) >= 11 is 0. The van der Waals surface area contributed by atoms with Crippen LogP contribution in [0, 0.1) is 0 Å². The Kier molecular flexibility index (Phi) is 6.68. The Bertz CT molecular complexity index is 826. The fraction of sp³-hybridized carbons (Fsp3) is 0.150. The molecule has 0 spiro atoms. The molecular formula is C20H20N2O4. The number of anilines is 1. The number of hydrogen-bond donors (Lipinski definition) is 2. The van der Waals surface area contributed by atoms with Crippen LogP contribution in [0.3, 0.4) is 0 Å². The molecule has 0 aliphatic rings. The number of amides is 2. The van der Waals surface area contributed by atoms with E-state index in [4.69, 9.17) is 0 Å². The zero-order chi connectivity index (χ0) is 18.9. The molecule has 0 aliphatic carbocycles. The molecular weight excluding hydrogens is 332 g/mol. The first-order chi connectivity index (χ1) is 12.5. The molecule has 2 N–H and O–H groups in total. The van der Waals surface area contributed by atoms with E-state index in [-0.39, 0.29) is 11.8 Å². The molecule has 0 radical (unpaired) electrons. The van der Waals surface area contributed by atoms with Crippen LogP contribution < -0.4 is 10.6 Å². The van der Waals surface area contributed by atoms with E-state index in [1.54, 1.807) is 54.6 Å². The standard InChI is InChI=1S/C20H20N2O4/c1-3-21-19(24)16-5-4-6-17(13-16)22-18(23)12-9-14-7-10-15(11-8-14)20(25)26-2/h4-13H,3H2,1-2H3,(H,21,24)(H,22,23)/b12-9+. The van der Waals surface area contributed by atoms with Crippen LogP contribution in [0.4, 0.5) is 5.69 Å². The number of esters is 1. The van der Waals surface area contributed by atoms with Gasteiger partial charge in [0.15, 0.2) is 0 Å². The van der Waals surface area contributed by atoms with Crippen molar-refractivity contribution in [2.45, 2.75) is 6.92 Å². The highest BCUT2D eigenvalue weighted by Crippen LogP contribution is 2.12. The van der Waals surface area contributed by atoms with Crippen molar-refractivity contribution in [1.29, 1.82) is 0 Å². The Balaban J connectivity index is 2.00. The summed E-state index contributed by atoms with van der Waals surface area (Å²) in [4.78, 5) is 35.2. The molecule has 0 aromatic heterocycles. The summed E-state index contributed by atoms with van der Waals surface area (Å²) in [6, 6.07) is 13.4. The van der Waals surface area contributed by atoms with Gasteiger partial charge in [0.05, 0.1) is 12.7 Å². The SMILES string of the molecule is CCNC(=O)c1cccc(NC(=O)/C=C/c2ccc(C(=O)OC)cc2)c1. The zero-order valence-corrected chi connectivity index (χ0v) is 14.6. The molecule has 0 heterocycles. The number of hydrogen-bond acceptors (Lipinski definition) is 4. The topological polar surface area (TPSA) is 84.5 Å². The third-order valence-electron chi connectivity index (χ3n) is 3.49. The van der Waals surface area contributed by atoms with Gasteiger partial charge in [-0.05, 0) is 48.9 Å². The fourth-order valence-corrected chi connectivity index (χ4v) is 2.20. The summed E-state index contributed by atoms with van der Waals surface area (Å²) in [7, 11) is 1.32.